The lowest BCUT2D eigenvalue weighted by Crippen LogP contribution is -2.07. The Morgan fingerprint density at radius 3 is 2.77 bits per heavy atom. The van der Waals surface area contributed by atoms with E-state index in [4.69, 9.17) is 9.47 Å². The van der Waals surface area contributed by atoms with Gasteiger partial charge in [-0.1, -0.05) is 6.07 Å². The number of pyridine rings is 1. The minimum absolute atomic E-state index is 0.0339. The Morgan fingerprint density at radius 2 is 2.08 bits per heavy atom. The average Bonchev–Trinajstić information content (AvgIpc) is 2.67. The van der Waals surface area contributed by atoms with Crippen LogP contribution in [0.5, 0.6) is 5.75 Å². The second-order valence-electron chi connectivity index (χ2n) is 5.51. The lowest BCUT2D eigenvalue weighted by atomic mass is 10.2. The van der Waals surface area contributed by atoms with Crippen LogP contribution in [0.25, 0.3) is 0 Å². The molecule has 8 nitrogen and oxygen atoms in total. The Bertz CT molecular complexity index is 734. The first kappa shape index (κ1) is 19.2. The van der Waals surface area contributed by atoms with E-state index in [9.17, 15) is 14.9 Å². The number of aromatic nitrogens is 1. The molecule has 0 aliphatic carbocycles. The number of nitrogens with zero attached hydrogens (tertiary/aromatic N) is 2. The maximum atomic E-state index is 11.9. The van der Waals surface area contributed by atoms with Gasteiger partial charge in [0, 0.05) is 12.6 Å². The number of methoxy groups -OCH3 is 1. The number of ether oxygens (including phenoxy) is 2. The molecule has 0 fully saturated rings. The summed E-state index contributed by atoms with van der Waals surface area (Å²) in [7, 11) is 1.55. The predicted molar refractivity (Wildman–Crippen MR) is 96.5 cm³/mol. The Hall–Kier alpha value is -3.16. The third-order valence-electron chi connectivity index (χ3n) is 3.62. The molecule has 1 heterocycles. The summed E-state index contributed by atoms with van der Waals surface area (Å²) in [6.45, 7) is 1.04. The van der Waals surface area contributed by atoms with Gasteiger partial charge in [-0.05, 0) is 43.5 Å². The number of carbonyl (C=O) groups is 1. The zero-order chi connectivity index (χ0) is 18.8. The summed E-state index contributed by atoms with van der Waals surface area (Å²) in [4.78, 5) is 26.0. The molecule has 0 saturated heterocycles. The fraction of sp³-hybridized carbons (Fsp3) is 0.333. The van der Waals surface area contributed by atoms with Gasteiger partial charge in [0.15, 0.2) is 0 Å². The fourth-order valence-electron chi connectivity index (χ4n) is 2.22. The molecule has 26 heavy (non-hydrogen) atoms. The highest BCUT2D eigenvalue weighted by Gasteiger charge is 2.08. The van der Waals surface area contributed by atoms with E-state index < -0.39 is 4.92 Å². The van der Waals surface area contributed by atoms with Gasteiger partial charge < -0.3 is 14.8 Å². The van der Waals surface area contributed by atoms with Crippen LogP contribution in [-0.2, 0) is 4.74 Å². The van der Waals surface area contributed by atoms with Crippen LogP contribution < -0.4 is 10.1 Å². The summed E-state index contributed by atoms with van der Waals surface area (Å²) >= 11 is 0. The van der Waals surface area contributed by atoms with Crippen molar-refractivity contribution in [1.82, 2.24) is 4.98 Å². The number of nitro groups is 1. The van der Waals surface area contributed by atoms with Gasteiger partial charge in [0.2, 0.25) is 0 Å². The van der Waals surface area contributed by atoms with Gasteiger partial charge in [-0.3, -0.25) is 10.1 Å². The molecular formula is C18H21N3O5. The normalized spacial score (nSPS) is 10.2. The highest BCUT2D eigenvalue weighted by molar-refractivity contribution is 5.89. The van der Waals surface area contributed by atoms with E-state index in [-0.39, 0.29) is 11.7 Å². The molecule has 2 rings (SSSR count). The van der Waals surface area contributed by atoms with Gasteiger partial charge in [-0.15, -0.1) is 0 Å². The van der Waals surface area contributed by atoms with Crippen LogP contribution in [0.3, 0.4) is 0 Å². The largest absolute Gasteiger partial charge is 0.497 e. The molecular weight excluding hydrogens is 338 g/mol. The minimum Gasteiger partial charge on any atom is -0.497 e. The summed E-state index contributed by atoms with van der Waals surface area (Å²) in [5.74, 6) is 0.850. The molecule has 0 radical (unpaired) electrons. The van der Waals surface area contributed by atoms with E-state index in [1.54, 1.807) is 37.4 Å². The van der Waals surface area contributed by atoms with Crippen molar-refractivity contribution < 1.29 is 19.2 Å². The number of hydrogen-bond acceptors (Lipinski definition) is 7. The van der Waals surface area contributed by atoms with Gasteiger partial charge in [0.05, 0.1) is 24.2 Å². The zero-order valence-electron chi connectivity index (χ0n) is 14.5. The maximum Gasteiger partial charge on any atom is 0.338 e. The Kier molecular flexibility index (Phi) is 7.35. The maximum absolute atomic E-state index is 11.9. The topological polar surface area (TPSA) is 104 Å². The molecule has 0 aliphatic heterocycles. The number of benzene rings is 1. The number of rotatable bonds is 10. The Morgan fingerprint density at radius 1 is 1.23 bits per heavy atom. The van der Waals surface area contributed by atoms with Gasteiger partial charge in [-0.25, -0.2) is 9.78 Å². The van der Waals surface area contributed by atoms with Gasteiger partial charge in [-0.2, -0.15) is 0 Å². The predicted octanol–water partition coefficient (Wildman–Crippen LogP) is 3.44. The summed E-state index contributed by atoms with van der Waals surface area (Å²) < 4.78 is 10.3. The third kappa shape index (κ3) is 6.04. The molecule has 1 aromatic heterocycles. The van der Waals surface area contributed by atoms with Crippen LogP contribution in [0.15, 0.2) is 42.6 Å². The first-order valence-electron chi connectivity index (χ1n) is 8.25. The van der Waals surface area contributed by atoms with Gasteiger partial charge in [0.25, 0.3) is 5.69 Å². The van der Waals surface area contributed by atoms with E-state index in [2.05, 4.69) is 10.3 Å². The van der Waals surface area contributed by atoms with Crippen molar-refractivity contribution in [3.8, 4) is 5.75 Å². The van der Waals surface area contributed by atoms with E-state index in [1.165, 1.54) is 12.3 Å². The van der Waals surface area contributed by atoms with Crippen molar-refractivity contribution in [1.29, 1.82) is 0 Å². The van der Waals surface area contributed by atoms with Gasteiger partial charge in [0.1, 0.15) is 17.8 Å². The molecule has 8 heteroatoms. The average molecular weight is 359 g/mol. The second-order valence-corrected chi connectivity index (χ2v) is 5.51. The molecule has 0 saturated carbocycles. The van der Waals surface area contributed by atoms with Crippen molar-refractivity contribution in [3.05, 3.63) is 58.3 Å². The summed E-state index contributed by atoms with van der Waals surface area (Å²) in [6.07, 6.45) is 3.73. The number of nitrogens with one attached hydrogen (secondary N) is 1. The van der Waals surface area contributed by atoms with Gasteiger partial charge >= 0.3 is 5.97 Å². The summed E-state index contributed by atoms with van der Waals surface area (Å²) in [6, 6.07) is 9.83. The standard InChI is InChI=1S/C18H21N3O5/c1-25-16-7-5-6-14(12-16)18(22)26-11-4-2-3-10-19-17-9-8-15(13-20-17)21(23)24/h5-9,12-13H,2-4,10-11H2,1H3,(H,19,20). The molecule has 0 bridgehead atoms. The van der Waals surface area contributed by atoms with Crippen molar-refractivity contribution >= 4 is 17.5 Å². The third-order valence-corrected chi connectivity index (χ3v) is 3.62. The molecule has 0 unspecified atom stereocenters. The second kappa shape index (κ2) is 9.97. The van der Waals surface area contributed by atoms with Crippen LogP contribution in [0, 0.1) is 10.1 Å². The van der Waals surface area contributed by atoms with Crippen LogP contribution in [0.2, 0.25) is 0 Å². The number of unbranched alkanes of at least 4 members (excludes halogenated alkanes) is 2. The molecule has 0 atom stereocenters. The summed E-state index contributed by atoms with van der Waals surface area (Å²) in [5, 5.41) is 13.6. The Balaban J connectivity index is 1.59. The lowest BCUT2D eigenvalue weighted by Gasteiger charge is -2.07. The van der Waals surface area contributed by atoms with Crippen LogP contribution in [0.1, 0.15) is 29.6 Å². The van der Waals surface area contributed by atoms with Crippen molar-refractivity contribution in [2.24, 2.45) is 0 Å². The number of carbonyl (C=O) groups excluding carboxylic acids is 1. The van der Waals surface area contributed by atoms with E-state index in [0.717, 1.165) is 19.3 Å². The molecule has 0 aliphatic rings. The van der Waals surface area contributed by atoms with E-state index in [1.807, 2.05) is 0 Å². The van der Waals surface area contributed by atoms with Crippen LogP contribution in [0.4, 0.5) is 11.5 Å². The molecule has 1 N–H and O–H groups in total. The van der Waals surface area contributed by atoms with Crippen molar-refractivity contribution in [3.63, 3.8) is 0 Å². The number of anilines is 1. The quantitative estimate of drug-likeness (QED) is 0.300. The van der Waals surface area contributed by atoms with Crippen molar-refractivity contribution in [2.75, 3.05) is 25.6 Å². The molecule has 138 valence electrons. The smallest absolute Gasteiger partial charge is 0.338 e. The fourth-order valence-corrected chi connectivity index (χ4v) is 2.22. The van der Waals surface area contributed by atoms with Crippen molar-refractivity contribution in [2.45, 2.75) is 19.3 Å². The molecule has 0 spiro atoms. The zero-order valence-corrected chi connectivity index (χ0v) is 14.5. The molecule has 0 amide bonds. The summed E-state index contributed by atoms with van der Waals surface area (Å²) in [5.41, 5.74) is 0.434. The SMILES string of the molecule is COc1cccc(C(=O)OCCCCCNc2ccc([N+](=O)[O-])cn2)c1. The van der Waals surface area contributed by atoms with E-state index >= 15 is 0 Å². The van der Waals surface area contributed by atoms with Crippen LogP contribution in [-0.4, -0.2) is 36.1 Å². The highest BCUT2D eigenvalue weighted by Crippen LogP contribution is 2.14. The van der Waals surface area contributed by atoms with E-state index in [0.29, 0.717) is 30.3 Å². The Labute approximate surface area is 151 Å². The first-order valence-corrected chi connectivity index (χ1v) is 8.25. The highest BCUT2D eigenvalue weighted by atomic mass is 16.6. The molecule has 2 aromatic rings. The number of hydrogen-bond donors (Lipinski definition) is 1. The monoisotopic (exact) mass is 359 g/mol. The lowest BCUT2D eigenvalue weighted by molar-refractivity contribution is -0.385. The van der Waals surface area contributed by atoms with Crippen LogP contribution >= 0.6 is 0 Å². The first-order chi connectivity index (χ1) is 12.6. The molecule has 1 aromatic carbocycles. The number of esters is 1. The minimum atomic E-state index is -0.483.